The van der Waals surface area contributed by atoms with Crippen LogP contribution < -0.4 is 67.5 Å². The predicted octanol–water partition coefficient (Wildman–Crippen LogP) is 0.857. The molecule has 8 nitrogen and oxygen atoms in total. The average Bonchev–Trinajstić information content (AvgIpc) is 2.80. The Balaban J connectivity index is 0.00000323. The predicted molar refractivity (Wildman–Crippen MR) is 156 cm³/mol. The maximum Gasteiger partial charge on any atom is 1.00 e. The average molecular weight is 655 g/mol. The summed E-state index contributed by atoms with van der Waals surface area (Å²) in [7, 11) is -10.1. The molecule has 0 N–H and O–H groups in total. The zero-order chi connectivity index (χ0) is 30.4. The van der Waals surface area contributed by atoms with Crippen molar-refractivity contribution in [3.63, 3.8) is 0 Å². The van der Waals surface area contributed by atoms with Crippen molar-refractivity contribution in [3.8, 4) is 11.5 Å². The van der Waals surface area contributed by atoms with Crippen LogP contribution in [0.4, 0.5) is 0 Å². The molecule has 4 rings (SSSR count). The third kappa shape index (κ3) is 9.36. The van der Waals surface area contributed by atoms with Crippen LogP contribution in [-0.4, -0.2) is 25.9 Å². The van der Waals surface area contributed by atoms with E-state index >= 15 is 0 Å². The van der Waals surface area contributed by atoms with E-state index in [2.05, 4.69) is 45.0 Å². The second-order valence-corrected chi connectivity index (χ2v) is 15.8. The molecule has 12 heteroatoms. The van der Waals surface area contributed by atoms with Crippen LogP contribution in [-0.2, 0) is 27.2 Å². The zero-order valence-corrected chi connectivity index (χ0v) is 32.4. The van der Waals surface area contributed by atoms with E-state index in [1.54, 1.807) is 0 Å². The van der Waals surface area contributed by atoms with Crippen LogP contribution in [0.3, 0.4) is 0 Å². The Kier molecular flexibility index (Phi) is 13.2. The van der Waals surface area contributed by atoms with E-state index in [0.29, 0.717) is 11.8 Å². The molecule has 0 heterocycles. The number of rotatable bonds is 9. The summed E-state index contributed by atoms with van der Waals surface area (Å²) in [5.74, 6) is 0.360. The van der Waals surface area contributed by atoms with E-state index in [9.17, 15) is 25.9 Å². The molecule has 5 atom stereocenters. The molecule has 0 bridgehead atoms. The van der Waals surface area contributed by atoms with Crippen LogP contribution in [0.15, 0.2) is 42.5 Å². The van der Waals surface area contributed by atoms with Gasteiger partial charge in [-0.1, -0.05) is 58.4 Å². The maximum absolute atomic E-state index is 11.5. The summed E-state index contributed by atoms with van der Waals surface area (Å²) in [4.78, 5) is 0. The van der Waals surface area contributed by atoms with E-state index in [1.807, 2.05) is 0 Å². The minimum atomic E-state index is -5.09. The van der Waals surface area contributed by atoms with Crippen molar-refractivity contribution < 1.29 is 93.4 Å². The number of hydrogen-bond acceptors (Lipinski definition) is 8. The van der Waals surface area contributed by atoms with Gasteiger partial charge in [-0.2, -0.15) is 0 Å². The first-order chi connectivity index (χ1) is 18.8. The summed E-state index contributed by atoms with van der Waals surface area (Å²) >= 11 is 0. The Labute approximate surface area is 303 Å². The van der Waals surface area contributed by atoms with Gasteiger partial charge in [-0.15, -0.1) is 0 Å². The second kappa shape index (κ2) is 14.5. The van der Waals surface area contributed by atoms with Gasteiger partial charge in [0.2, 0.25) is 0 Å². The Bertz CT molecular complexity index is 1410. The molecule has 0 radical (unpaired) electrons. The molecule has 43 heavy (non-hydrogen) atoms. The summed E-state index contributed by atoms with van der Waals surface area (Å²) in [5.41, 5.74) is 2.90. The molecule has 1 unspecified atom stereocenters. The van der Waals surface area contributed by atoms with Crippen LogP contribution in [0.2, 0.25) is 0 Å². The van der Waals surface area contributed by atoms with Gasteiger partial charge in [-0.25, -0.2) is 16.8 Å². The minimum absolute atomic E-state index is 0. The first kappa shape index (κ1) is 39.3. The molecule has 1 aromatic rings. The van der Waals surface area contributed by atoms with Gasteiger partial charge >= 0.3 is 59.1 Å². The van der Waals surface area contributed by atoms with Crippen LogP contribution >= 0.6 is 0 Å². The summed E-state index contributed by atoms with van der Waals surface area (Å²) in [6.07, 6.45) is 11.0. The minimum Gasteiger partial charge on any atom is -0.716 e. The standard InChI is InChI=1S/C31H46O8S2.2Na/c1-21-9-7-15-29(3,4)25(21)14-18-30(5)16-8-17-31(6)26(22(2)10-13-28(30)31)20-23-19-24(38-40(32,33)34)11-12-27(23)39-41(35,36)37;;/h11-12,19,25-26,28H,1-2,7-10,13-18,20H2,3-6H3,(H,32,33,34)(H,35,36,37);;/q;2*+1/p-2/t25?,26-,28-,30+,31+;;/m0../s1. The fourth-order valence-electron chi connectivity index (χ4n) is 8.80. The topological polar surface area (TPSA) is 133 Å². The Morgan fingerprint density at radius 2 is 1.49 bits per heavy atom. The molecular weight excluding hydrogens is 610 g/mol. The monoisotopic (exact) mass is 654 g/mol. The van der Waals surface area contributed by atoms with E-state index in [4.69, 9.17) is 4.18 Å². The molecule has 1 aromatic carbocycles. The summed E-state index contributed by atoms with van der Waals surface area (Å²) in [5, 5.41) is 0. The SMILES string of the molecule is C=C1CCCC(C)(C)C1CC[C@@]1(C)CCC[C@]2(C)[C@@H](Cc3cc(OS(=O)(=O)[O-])ccc3OS(=O)(=O)[O-])C(=C)CC[C@@H]12.[Na+].[Na+]. The van der Waals surface area contributed by atoms with Crippen LogP contribution in [0.25, 0.3) is 0 Å². The van der Waals surface area contributed by atoms with Gasteiger partial charge in [-0.05, 0) is 116 Å². The first-order valence-corrected chi connectivity index (χ1v) is 17.3. The molecule has 0 aromatic heterocycles. The fraction of sp³-hybridized carbons (Fsp3) is 0.677. The third-order valence-corrected chi connectivity index (χ3v) is 11.5. The molecule has 0 spiro atoms. The molecule has 3 saturated carbocycles. The number of fused-ring (bicyclic) bond motifs is 1. The van der Waals surface area contributed by atoms with Crippen LogP contribution in [0, 0.1) is 34.0 Å². The summed E-state index contributed by atoms with van der Waals surface area (Å²) in [6, 6.07) is 3.52. The van der Waals surface area contributed by atoms with Crippen molar-refractivity contribution in [2.45, 2.75) is 98.3 Å². The molecule has 0 amide bonds. The van der Waals surface area contributed by atoms with Crippen LogP contribution in [0.1, 0.15) is 97.5 Å². The number of allylic oxidation sites excluding steroid dienone is 2. The smallest absolute Gasteiger partial charge is 0.716 e. The number of benzene rings is 1. The van der Waals surface area contributed by atoms with E-state index in [1.165, 1.54) is 24.5 Å². The molecule has 0 saturated heterocycles. The fourth-order valence-corrected chi connectivity index (χ4v) is 9.52. The maximum atomic E-state index is 11.5. The molecule has 3 fully saturated rings. The zero-order valence-electron chi connectivity index (χ0n) is 26.7. The molecular formula is C31H44Na2O8S2. The van der Waals surface area contributed by atoms with Crippen molar-refractivity contribution in [1.82, 2.24) is 0 Å². The largest absolute Gasteiger partial charge is 1.00 e. The van der Waals surface area contributed by atoms with E-state index in [0.717, 1.165) is 69.1 Å². The van der Waals surface area contributed by atoms with Gasteiger partial charge in [0.1, 0.15) is 11.5 Å². The van der Waals surface area contributed by atoms with E-state index in [-0.39, 0.29) is 105 Å². The van der Waals surface area contributed by atoms with Gasteiger partial charge in [0.15, 0.2) is 0 Å². The molecule has 3 aliphatic carbocycles. The quantitative estimate of drug-likeness (QED) is 0.166. The Morgan fingerprint density at radius 1 is 0.860 bits per heavy atom. The van der Waals surface area contributed by atoms with Gasteiger partial charge < -0.3 is 17.5 Å². The number of hydrogen-bond donors (Lipinski definition) is 0. The van der Waals surface area contributed by atoms with Gasteiger partial charge in [-0.3, -0.25) is 0 Å². The van der Waals surface area contributed by atoms with Crippen LogP contribution in [0.5, 0.6) is 11.5 Å². The van der Waals surface area contributed by atoms with Gasteiger partial charge in [0, 0.05) is 5.56 Å². The van der Waals surface area contributed by atoms with Crippen molar-refractivity contribution in [1.29, 1.82) is 0 Å². The molecule has 3 aliphatic rings. The molecule has 230 valence electrons. The molecule has 0 aliphatic heterocycles. The van der Waals surface area contributed by atoms with Crippen molar-refractivity contribution in [3.05, 3.63) is 48.1 Å². The van der Waals surface area contributed by atoms with Gasteiger partial charge in [0.05, 0.1) is 0 Å². The van der Waals surface area contributed by atoms with E-state index < -0.39 is 20.8 Å². The summed E-state index contributed by atoms with van der Waals surface area (Å²) < 4.78 is 77.5. The third-order valence-electron chi connectivity index (χ3n) is 10.7. The second-order valence-electron chi connectivity index (χ2n) is 13.9. The summed E-state index contributed by atoms with van der Waals surface area (Å²) in [6.45, 7) is 18.3. The normalized spacial score (nSPS) is 30.8. The first-order valence-electron chi connectivity index (χ1n) is 14.6. The Hall–Kier alpha value is 0.120. The van der Waals surface area contributed by atoms with Gasteiger partial charge in [0.25, 0.3) is 20.8 Å². The van der Waals surface area contributed by atoms with Crippen molar-refractivity contribution in [2.24, 2.45) is 34.0 Å². The Morgan fingerprint density at radius 3 is 2.09 bits per heavy atom. The van der Waals surface area contributed by atoms with Crippen molar-refractivity contribution in [2.75, 3.05) is 0 Å². The van der Waals surface area contributed by atoms with Crippen molar-refractivity contribution >= 4 is 20.8 Å².